The van der Waals surface area contributed by atoms with Gasteiger partial charge in [-0.3, -0.25) is 0 Å². The van der Waals surface area contributed by atoms with Crippen LogP contribution in [0.1, 0.15) is 104 Å². The van der Waals surface area contributed by atoms with Crippen molar-refractivity contribution < 1.29 is 0 Å². The highest BCUT2D eigenvalue weighted by atomic mass is 35.5. The van der Waals surface area contributed by atoms with Crippen LogP contribution in [0, 0.1) is 5.62 Å². The van der Waals surface area contributed by atoms with Crippen LogP contribution in [0.25, 0.3) is 0 Å². The molecule has 2 saturated carbocycles. The molecule has 0 spiro atoms. The second-order valence-corrected chi connectivity index (χ2v) is 15.5. The lowest BCUT2D eigenvalue weighted by molar-refractivity contribution is 0.569. The van der Waals surface area contributed by atoms with E-state index in [2.05, 4.69) is 65.4 Å². The van der Waals surface area contributed by atoms with E-state index in [1.54, 1.807) is 5.30 Å². The molecular formula is C25H40ClP. The summed E-state index contributed by atoms with van der Waals surface area (Å²) in [7, 11) is -1.48. The van der Waals surface area contributed by atoms with Gasteiger partial charge in [-0.2, -0.15) is 0 Å². The number of halogens is 1. The summed E-state index contributed by atoms with van der Waals surface area (Å²) in [6, 6.07) is 7.60. The molecule has 152 valence electrons. The van der Waals surface area contributed by atoms with Gasteiger partial charge in [0.1, 0.15) is 0 Å². The monoisotopic (exact) mass is 406 g/mol. The molecule has 0 unspecified atom stereocenters. The first-order valence-corrected chi connectivity index (χ1v) is 13.5. The first-order chi connectivity index (χ1) is 12.6. The van der Waals surface area contributed by atoms with E-state index in [9.17, 15) is 0 Å². The fraction of sp³-hybridized carbons (Fsp3) is 0.720. The summed E-state index contributed by atoms with van der Waals surface area (Å²) in [4.78, 5) is 0. The molecule has 3 rings (SSSR count). The SMILES string of the molecule is CC(C)(C)c1cc(C(C)(C)C)cc([P+]([CH-]Cl)(C2CCCC2)C2CCCC2)c1. The Bertz CT molecular complexity index is 589. The van der Waals surface area contributed by atoms with Crippen molar-refractivity contribution in [1.29, 1.82) is 0 Å². The van der Waals surface area contributed by atoms with Crippen LogP contribution in [-0.4, -0.2) is 11.3 Å². The van der Waals surface area contributed by atoms with Crippen LogP contribution in [0.15, 0.2) is 18.2 Å². The van der Waals surface area contributed by atoms with Crippen molar-refractivity contribution in [2.45, 2.75) is 115 Å². The van der Waals surface area contributed by atoms with Crippen molar-refractivity contribution >= 4 is 24.2 Å². The van der Waals surface area contributed by atoms with Gasteiger partial charge in [-0.05, 0) is 85.5 Å². The lowest BCUT2D eigenvalue weighted by Gasteiger charge is -2.44. The third-order valence-electron chi connectivity index (χ3n) is 7.12. The third-order valence-corrected chi connectivity index (χ3v) is 13.0. The van der Waals surface area contributed by atoms with Crippen molar-refractivity contribution in [2.75, 3.05) is 0 Å². The maximum atomic E-state index is 6.88. The average Bonchev–Trinajstić information content (AvgIpc) is 3.29. The Labute approximate surface area is 174 Å². The summed E-state index contributed by atoms with van der Waals surface area (Å²) in [6.45, 7) is 14.1. The smallest absolute Gasteiger partial charge is 0.0670 e. The van der Waals surface area contributed by atoms with Crippen LogP contribution in [0.3, 0.4) is 0 Å². The summed E-state index contributed by atoms with van der Waals surface area (Å²) in [6.07, 6.45) is 11.1. The summed E-state index contributed by atoms with van der Waals surface area (Å²) in [5.74, 6) is 0. The molecule has 0 aromatic heterocycles. The Kier molecular flexibility index (Phi) is 6.40. The molecule has 2 aliphatic rings. The Morgan fingerprint density at radius 2 is 1.11 bits per heavy atom. The van der Waals surface area contributed by atoms with Crippen LogP contribution < -0.4 is 5.30 Å². The van der Waals surface area contributed by atoms with Gasteiger partial charge in [0.25, 0.3) is 0 Å². The molecule has 2 fully saturated rings. The molecule has 27 heavy (non-hydrogen) atoms. The molecule has 0 radical (unpaired) electrons. The van der Waals surface area contributed by atoms with Gasteiger partial charge in [0.15, 0.2) is 0 Å². The van der Waals surface area contributed by atoms with Crippen molar-refractivity contribution in [3.8, 4) is 0 Å². The van der Waals surface area contributed by atoms with E-state index in [1.807, 2.05) is 0 Å². The van der Waals surface area contributed by atoms with Crippen LogP contribution in [-0.2, 0) is 10.8 Å². The molecule has 0 N–H and O–H groups in total. The van der Waals surface area contributed by atoms with Crippen LogP contribution in [0.5, 0.6) is 0 Å². The van der Waals surface area contributed by atoms with Crippen molar-refractivity contribution in [2.24, 2.45) is 0 Å². The summed E-state index contributed by atoms with van der Waals surface area (Å²) in [5, 5.41) is 1.62. The fourth-order valence-corrected chi connectivity index (χ4v) is 11.6. The predicted molar refractivity (Wildman–Crippen MR) is 125 cm³/mol. The van der Waals surface area contributed by atoms with Gasteiger partial charge in [-0.1, -0.05) is 60.5 Å². The Morgan fingerprint density at radius 3 is 1.41 bits per heavy atom. The topological polar surface area (TPSA) is 0 Å². The standard InChI is InChI=1S/C25H40ClP/c1-24(2,3)19-15-20(25(4,5)6)17-23(16-19)27(18-26,21-11-7-8-12-21)22-13-9-10-14-22/h15-18,21-22H,7-14H2,1-6H3. The van der Waals surface area contributed by atoms with Crippen LogP contribution in [0.2, 0.25) is 0 Å². The molecule has 2 aliphatic carbocycles. The zero-order valence-electron chi connectivity index (χ0n) is 18.4. The van der Waals surface area contributed by atoms with Gasteiger partial charge in [0.2, 0.25) is 0 Å². The molecular weight excluding hydrogens is 367 g/mol. The maximum Gasteiger partial charge on any atom is 0.0670 e. The van der Waals surface area contributed by atoms with Crippen molar-refractivity contribution in [1.82, 2.24) is 0 Å². The minimum atomic E-state index is -1.48. The van der Waals surface area contributed by atoms with Crippen molar-refractivity contribution in [3.05, 3.63) is 34.9 Å². The minimum absolute atomic E-state index is 0.170. The van der Waals surface area contributed by atoms with Gasteiger partial charge >= 0.3 is 0 Å². The summed E-state index contributed by atoms with van der Waals surface area (Å²) in [5.41, 5.74) is 7.19. The second kappa shape index (κ2) is 7.99. The first-order valence-electron chi connectivity index (χ1n) is 11.1. The zero-order chi connectivity index (χ0) is 19.9. The largest absolute Gasteiger partial charge is 0.304 e. The van der Waals surface area contributed by atoms with Crippen LogP contribution >= 0.6 is 18.9 Å². The summed E-state index contributed by atoms with van der Waals surface area (Å²) >= 11 is 6.88. The number of rotatable bonds is 4. The molecule has 0 heterocycles. The first kappa shape index (κ1) is 21.6. The number of benzene rings is 1. The zero-order valence-corrected chi connectivity index (χ0v) is 20.1. The maximum absolute atomic E-state index is 6.88. The second-order valence-electron chi connectivity index (χ2n) is 11.1. The van der Waals surface area contributed by atoms with Gasteiger partial charge < -0.3 is 11.6 Å². The predicted octanol–water partition coefficient (Wildman–Crippen LogP) is 8.17. The third kappa shape index (κ3) is 4.28. The summed E-state index contributed by atoms with van der Waals surface area (Å²) < 4.78 is 0. The Morgan fingerprint density at radius 1 is 0.741 bits per heavy atom. The van der Waals surface area contributed by atoms with E-state index in [4.69, 9.17) is 11.6 Å². The van der Waals surface area contributed by atoms with E-state index in [0.29, 0.717) is 0 Å². The lowest BCUT2D eigenvalue weighted by atomic mass is 9.81. The van der Waals surface area contributed by atoms with Gasteiger partial charge in [-0.25, -0.2) is 0 Å². The Balaban J connectivity index is 2.21. The molecule has 1 aromatic carbocycles. The molecule has 0 bridgehead atoms. The van der Waals surface area contributed by atoms with Gasteiger partial charge in [-0.15, -0.1) is 0 Å². The molecule has 0 saturated heterocycles. The lowest BCUT2D eigenvalue weighted by Crippen LogP contribution is -2.31. The number of hydrogen-bond donors (Lipinski definition) is 0. The highest BCUT2D eigenvalue weighted by Gasteiger charge is 2.49. The normalized spacial score (nSPS) is 20.6. The van der Waals surface area contributed by atoms with Gasteiger partial charge in [0, 0.05) is 11.3 Å². The fourth-order valence-electron chi connectivity index (χ4n) is 5.30. The molecule has 0 amide bonds. The average molecular weight is 407 g/mol. The van der Waals surface area contributed by atoms with E-state index in [-0.39, 0.29) is 10.8 Å². The molecule has 2 heteroatoms. The molecule has 0 nitrogen and oxygen atoms in total. The quantitative estimate of drug-likeness (QED) is 0.349. The van der Waals surface area contributed by atoms with E-state index in [1.165, 1.54) is 62.5 Å². The Hall–Kier alpha value is -0.0600. The number of hydrogen-bond acceptors (Lipinski definition) is 0. The molecule has 0 aliphatic heterocycles. The highest BCUT2D eigenvalue weighted by molar-refractivity contribution is 7.87. The van der Waals surface area contributed by atoms with Gasteiger partial charge in [0.05, 0.1) is 5.30 Å². The minimum Gasteiger partial charge on any atom is -0.304 e. The van der Waals surface area contributed by atoms with E-state index < -0.39 is 7.26 Å². The van der Waals surface area contributed by atoms with E-state index in [0.717, 1.165) is 11.3 Å². The molecule has 1 aromatic rings. The van der Waals surface area contributed by atoms with Crippen LogP contribution in [0.4, 0.5) is 0 Å². The van der Waals surface area contributed by atoms with Crippen molar-refractivity contribution in [3.63, 3.8) is 0 Å². The highest BCUT2D eigenvalue weighted by Crippen LogP contribution is 2.75. The van der Waals surface area contributed by atoms with E-state index >= 15 is 0 Å². The molecule has 0 atom stereocenters.